The molecule has 92 valence electrons. The minimum Gasteiger partial charge on any atom is -0.481 e. The second-order valence-corrected chi connectivity index (χ2v) is 4.80. The van der Waals surface area contributed by atoms with E-state index in [-0.39, 0.29) is 12.0 Å². The van der Waals surface area contributed by atoms with E-state index in [1.807, 2.05) is 18.2 Å². The van der Waals surface area contributed by atoms with Crippen molar-refractivity contribution >= 4 is 16.7 Å². The van der Waals surface area contributed by atoms with Crippen molar-refractivity contribution in [2.75, 3.05) is 6.54 Å². The molecular weight excluding hydrogens is 226 g/mol. The Morgan fingerprint density at radius 1 is 1.22 bits per heavy atom. The number of hydrogen-bond donors (Lipinski definition) is 2. The molecule has 1 fully saturated rings. The number of carbonyl (C=O) groups is 1. The van der Waals surface area contributed by atoms with Crippen LogP contribution < -0.4 is 5.32 Å². The zero-order chi connectivity index (χ0) is 12.5. The van der Waals surface area contributed by atoms with E-state index in [0.717, 1.165) is 6.42 Å². The fourth-order valence-corrected chi connectivity index (χ4v) is 2.58. The van der Waals surface area contributed by atoms with E-state index in [1.165, 1.54) is 16.3 Å². The fourth-order valence-electron chi connectivity index (χ4n) is 2.58. The second-order valence-electron chi connectivity index (χ2n) is 4.80. The number of nitrogens with one attached hydrogen (secondary N) is 1. The number of carboxylic acid groups (broad SMARTS) is 1. The van der Waals surface area contributed by atoms with E-state index in [9.17, 15) is 4.79 Å². The monoisotopic (exact) mass is 241 g/mol. The lowest BCUT2D eigenvalue weighted by Gasteiger charge is -2.35. The van der Waals surface area contributed by atoms with Gasteiger partial charge in [0.05, 0.1) is 5.92 Å². The summed E-state index contributed by atoms with van der Waals surface area (Å²) in [6, 6.07) is 14.5. The van der Waals surface area contributed by atoms with Crippen LogP contribution in [0.5, 0.6) is 0 Å². The molecule has 2 aromatic rings. The molecule has 0 aromatic heterocycles. The third kappa shape index (κ3) is 1.87. The summed E-state index contributed by atoms with van der Waals surface area (Å²) < 4.78 is 0. The van der Waals surface area contributed by atoms with Gasteiger partial charge in [-0.3, -0.25) is 4.79 Å². The van der Waals surface area contributed by atoms with Gasteiger partial charge in [-0.05, 0) is 22.8 Å². The van der Waals surface area contributed by atoms with Gasteiger partial charge in [0.25, 0.3) is 0 Å². The zero-order valence-electron chi connectivity index (χ0n) is 9.97. The highest BCUT2D eigenvalue weighted by molar-refractivity contribution is 5.85. The Morgan fingerprint density at radius 3 is 2.72 bits per heavy atom. The summed E-state index contributed by atoms with van der Waals surface area (Å²) in [6.07, 6.45) is 0.776. The summed E-state index contributed by atoms with van der Waals surface area (Å²) >= 11 is 0. The number of carboxylic acids is 1. The van der Waals surface area contributed by atoms with Crippen LogP contribution in [0.25, 0.3) is 10.8 Å². The Hall–Kier alpha value is -1.87. The van der Waals surface area contributed by atoms with Crippen LogP contribution in [0, 0.1) is 5.92 Å². The highest BCUT2D eigenvalue weighted by Gasteiger charge is 2.36. The zero-order valence-corrected chi connectivity index (χ0v) is 9.97. The van der Waals surface area contributed by atoms with Crippen LogP contribution in [0.3, 0.4) is 0 Å². The van der Waals surface area contributed by atoms with Gasteiger partial charge < -0.3 is 10.4 Å². The van der Waals surface area contributed by atoms with Gasteiger partial charge in [-0.15, -0.1) is 0 Å². The quantitative estimate of drug-likeness (QED) is 0.864. The number of fused-ring (bicyclic) bond motifs is 1. The van der Waals surface area contributed by atoms with Crippen LogP contribution in [0.2, 0.25) is 0 Å². The SMILES string of the molecule is O=C(O)C1CNC1Cc1cccc2ccccc12. The molecular formula is C15H15NO2. The topological polar surface area (TPSA) is 49.3 Å². The summed E-state index contributed by atoms with van der Waals surface area (Å²) in [4.78, 5) is 11.0. The van der Waals surface area contributed by atoms with Gasteiger partial charge in [0, 0.05) is 12.6 Å². The van der Waals surface area contributed by atoms with Crippen molar-refractivity contribution in [2.24, 2.45) is 5.92 Å². The molecule has 2 unspecified atom stereocenters. The van der Waals surface area contributed by atoms with Crippen LogP contribution in [-0.4, -0.2) is 23.7 Å². The van der Waals surface area contributed by atoms with E-state index in [1.54, 1.807) is 0 Å². The summed E-state index contributed by atoms with van der Waals surface area (Å²) in [6.45, 7) is 0.588. The first-order valence-corrected chi connectivity index (χ1v) is 6.18. The lowest BCUT2D eigenvalue weighted by atomic mass is 9.85. The molecule has 1 heterocycles. The lowest BCUT2D eigenvalue weighted by Crippen LogP contribution is -2.57. The maximum absolute atomic E-state index is 11.0. The smallest absolute Gasteiger partial charge is 0.309 e. The number of aliphatic carboxylic acids is 1. The Morgan fingerprint density at radius 2 is 2.00 bits per heavy atom. The van der Waals surface area contributed by atoms with Crippen LogP contribution in [0.1, 0.15) is 5.56 Å². The van der Waals surface area contributed by atoms with E-state index < -0.39 is 5.97 Å². The molecule has 0 saturated carbocycles. The van der Waals surface area contributed by atoms with Crippen LogP contribution in [0.4, 0.5) is 0 Å². The first-order chi connectivity index (χ1) is 8.75. The van der Waals surface area contributed by atoms with Gasteiger partial charge in [-0.25, -0.2) is 0 Å². The van der Waals surface area contributed by atoms with Gasteiger partial charge in [0.15, 0.2) is 0 Å². The van der Waals surface area contributed by atoms with Crippen molar-refractivity contribution in [3.8, 4) is 0 Å². The first-order valence-electron chi connectivity index (χ1n) is 6.18. The average Bonchev–Trinajstić information content (AvgIpc) is 2.34. The third-order valence-corrected chi connectivity index (χ3v) is 3.72. The lowest BCUT2D eigenvalue weighted by molar-refractivity contribution is -0.145. The Bertz CT molecular complexity index is 589. The fraction of sp³-hybridized carbons (Fsp3) is 0.267. The summed E-state index contributed by atoms with van der Waals surface area (Å²) in [5, 5.41) is 14.7. The van der Waals surface area contributed by atoms with Crippen molar-refractivity contribution in [3.05, 3.63) is 48.0 Å². The van der Waals surface area contributed by atoms with Crippen LogP contribution in [0.15, 0.2) is 42.5 Å². The van der Waals surface area contributed by atoms with E-state index in [0.29, 0.717) is 6.54 Å². The maximum Gasteiger partial charge on any atom is 0.309 e. The molecule has 0 amide bonds. The molecule has 3 nitrogen and oxygen atoms in total. The van der Waals surface area contributed by atoms with Crippen molar-refractivity contribution in [1.82, 2.24) is 5.32 Å². The van der Waals surface area contributed by atoms with E-state index >= 15 is 0 Å². The van der Waals surface area contributed by atoms with Crippen molar-refractivity contribution in [3.63, 3.8) is 0 Å². The number of benzene rings is 2. The predicted octanol–water partition coefficient (Wildman–Crippen LogP) is 2.05. The predicted molar refractivity (Wildman–Crippen MR) is 70.6 cm³/mol. The third-order valence-electron chi connectivity index (χ3n) is 3.72. The summed E-state index contributed by atoms with van der Waals surface area (Å²) in [5.41, 5.74) is 1.22. The molecule has 0 spiro atoms. The van der Waals surface area contributed by atoms with Gasteiger partial charge in [-0.1, -0.05) is 42.5 Å². The molecule has 3 rings (SSSR count). The van der Waals surface area contributed by atoms with Crippen molar-refractivity contribution in [1.29, 1.82) is 0 Å². The molecule has 0 bridgehead atoms. The largest absolute Gasteiger partial charge is 0.481 e. The Labute approximate surface area is 105 Å². The maximum atomic E-state index is 11.0. The second kappa shape index (κ2) is 4.42. The van der Waals surface area contributed by atoms with Crippen LogP contribution in [-0.2, 0) is 11.2 Å². The highest BCUT2D eigenvalue weighted by atomic mass is 16.4. The van der Waals surface area contributed by atoms with Crippen molar-refractivity contribution < 1.29 is 9.90 Å². The molecule has 2 atom stereocenters. The molecule has 3 heteroatoms. The number of rotatable bonds is 3. The molecule has 0 aliphatic carbocycles. The van der Waals surface area contributed by atoms with E-state index in [2.05, 4.69) is 29.6 Å². The molecule has 1 saturated heterocycles. The van der Waals surface area contributed by atoms with Gasteiger partial charge >= 0.3 is 5.97 Å². The minimum atomic E-state index is -0.695. The van der Waals surface area contributed by atoms with Crippen molar-refractivity contribution in [2.45, 2.75) is 12.5 Å². The summed E-state index contributed by atoms with van der Waals surface area (Å²) in [7, 11) is 0. The molecule has 2 N–H and O–H groups in total. The minimum absolute atomic E-state index is 0.0632. The van der Waals surface area contributed by atoms with Gasteiger partial charge in [0.2, 0.25) is 0 Å². The average molecular weight is 241 g/mol. The first kappa shape index (κ1) is 11.2. The molecule has 18 heavy (non-hydrogen) atoms. The van der Waals surface area contributed by atoms with Crippen LogP contribution >= 0.6 is 0 Å². The standard InChI is InChI=1S/C15H15NO2/c17-15(18)13-9-16-14(13)8-11-6-3-5-10-4-1-2-7-12(10)11/h1-7,13-14,16H,8-9H2,(H,17,18). The highest BCUT2D eigenvalue weighted by Crippen LogP contribution is 2.24. The molecule has 0 radical (unpaired) electrons. The van der Waals surface area contributed by atoms with Gasteiger partial charge in [-0.2, -0.15) is 0 Å². The Kier molecular flexibility index (Phi) is 2.76. The molecule has 1 aliphatic heterocycles. The number of hydrogen-bond acceptors (Lipinski definition) is 2. The normalized spacial score (nSPS) is 22.7. The molecule has 1 aliphatic rings. The van der Waals surface area contributed by atoms with Gasteiger partial charge in [0.1, 0.15) is 0 Å². The Balaban J connectivity index is 1.89. The summed E-state index contributed by atoms with van der Waals surface area (Å²) in [5.74, 6) is -0.942. The molecule has 2 aromatic carbocycles. The van der Waals surface area contributed by atoms with E-state index in [4.69, 9.17) is 5.11 Å².